The lowest BCUT2D eigenvalue weighted by molar-refractivity contribution is -0.148. The molecule has 30 heavy (non-hydrogen) atoms. The molecule has 0 radical (unpaired) electrons. The van der Waals surface area contributed by atoms with E-state index in [1.807, 2.05) is 20.8 Å². The lowest BCUT2D eigenvalue weighted by atomic mass is 10.1. The number of thiocarbonyl (C=S) groups is 1. The number of benzene rings is 1. The van der Waals surface area contributed by atoms with Crippen molar-refractivity contribution in [1.29, 1.82) is 0 Å². The third-order valence-electron chi connectivity index (χ3n) is 4.24. The van der Waals surface area contributed by atoms with Crippen molar-refractivity contribution >= 4 is 51.0 Å². The Labute approximate surface area is 189 Å². The van der Waals surface area contributed by atoms with E-state index in [0.29, 0.717) is 35.5 Å². The zero-order chi connectivity index (χ0) is 22.3. The maximum absolute atomic E-state index is 12.8. The minimum atomic E-state index is -0.847. The van der Waals surface area contributed by atoms with Crippen LogP contribution >= 0.6 is 28.1 Å². The molecule has 10 heteroatoms. The van der Waals surface area contributed by atoms with Crippen molar-refractivity contribution in [2.24, 2.45) is 5.92 Å². The molecule has 1 aromatic rings. The Morgan fingerprint density at radius 2 is 2.13 bits per heavy atom. The fourth-order valence-electron chi connectivity index (χ4n) is 2.83. The molecule has 0 saturated carbocycles. The van der Waals surface area contributed by atoms with Crippen molar-refractivity contribution < 1.29 is 23.9 Å². The highest BCUT2D eigenvalue weighted by molar-refractivity contribution is 9.10. The number of halogens is 1. The molecule has 1 saturated heterocycles. The summed E-state index contributed by atoms with van der Waals surface area (Å²) in [6.07, 6.45) is -0.157. The molecule has 1 aliphatic rings. The lowest BCUT2D eigenvalue weighted by Gasteiger charge is -2.36. The molecule has 8 nitrogen and oxygen atoms in total. The summed E-state index contributed by atoms with van der Waals surface area (Å²) >= 11 is 8.73. The van der Waals surface area contributed by atoms with Crippen LogP contribution in [0.5, 0.6) is 5.75 Å². The average molecular weight is 500 g/mol. The van der Waals surface area contributed by atoms with Crippen LogP contribution in [0.3, 0.4) is 0 Å². The highest BCUT2D eigenvalue weighted by atomic mass is 79.9. The molecule has 0 spiro atoms. The minimum absolute atomic E-state index is 0.0685. The zero-order valence-electron chi connectivity index (χ0n) is 17.2. The van der Waals surface area contributed by atoms with Crippen LogP contribution in [0.25, 0.3) is 0 Å². The number of esters is 1. The smallest absolute Gasteiger partial charge is 0.308 e. The third-order valence-corrected chi connectivity index (χ3v) is 5.07. The number of nitrogens with zero attached hydrogens (tertiary/aromatic N) is 1. The van der Waals surface area contributed by atoms with Crippen molar-refractivity contribution in [2.75, 3.05) is 26.3 Å². The van der Waals surface area contributed by atoms with Crippen molar-refractivity contribution in [1.82, 2.24) is 15.5 Å². The van der Waals surface area contributed by atoms with E-state index in [0.717, 1.165) is 0 Å². The number of hydrogen-bond donors (Lipinski definition) is 2. The van der Waals surface area contributed by atoms with Gasteiger partial charge in [-0.1, -0.05) is 29.8 Å². The van der Waals surface area contributed by atoms with Crippen LogP contribution in [0.4, 0.5) is 0 Å². The maximum atomic E-state index is 12.8. The Morgan fingerprint density at radius 1 is 1.40 bits per heavy atom. The first-order valence-corrected chi connectivity index (χ1v) is 10.9. The molecule has 0 aromatic heterocycles. The van der Waals surface area contributed by atoms with Gasteiger partial charge in [0.1, 0.15) is 11.8 Å². The monoisotopic (exact) mass is 499 g/mol. The first kappa shape index (κ1) is 24.1. The summed E-state index contributed by atoms with van der Waals surface area (Å²) < 4.78 is 11.4. The number of hydrogen-bond acceptors (Lipinski definition) is 6. The van der Waals surface area contributed by atoms with Gasteiger partial charge in [0.15, 0.2) is 5.11 Å². The number of nitrogens with one attached hydrogen (secondary N) is 2. The summed E-state index contributed by atoms with van der Waals surface area (Å²) in [6, 6.07) is 4.24. The van der Waals surface area contributed by atoms with Gasteiger partial charge >= 0.3 is 5.97 Å². The summed E-state index contributed by atoms with van der Waals surface area (Å²) in [6.45, 7) is 7.07. The fourth-order valence-corrected chi connectivity index (χ4v) is 3.51. The topological polar surface area (TPSA) is 97.0 Å². The average Bonchev–Trinajstić information content (AvgIpc) is 2.69. The molecule has 1 heterocycles. The molecular weight excluding hydrogens is 474 g/mol. The van der Waals surface area contributed by atoms with Gasteiger partial charge in [-0.05, 0) is 43.3 Å². The summed E-state index contributed by atoms with van der Waals surface area (Å²) in [7, 11) is 0. The molecule has 1 aromatic carbocycles. The van der Waals surface area contributed by atoms with Gasteiger partial charge in [-0.25, -0.2) is 0 Å². The van der Waals surface area contributed by atoms with E-state index in [4.69, 9.17) is 21.7 Å². The summed E-state index contributed by atoms with van der Waals surface area (Å²) in [4.78, 5) is 38.9. The standard InChI is InChI=1S/C20H26BrN3O5S/c1-4-28-16-6-5-13(21)9-14(16)18(26)23-20(30)24-8-7-22-19(27)15(24)10-17(25)29-11-12(2)3/h5-6,9,12,15H,4,7-8,10-11H2,1-3H3,(H,22,27)(H,23,26,30). The number of amides is 2. The second kappa shape index (κ2) is 11.3. The van der Waals surface area contributed by atoms with Crippen LogP contribution in [0, 0.1) is 5.92 Å². The van der Waals surface area contributed by atoms with Gasteiger partial charge in [-0.2, -0.15) is 0 Å². The SMILES string of the molecule is CCOc1ccc(Br)cc1C(=O)NC(=S)N1CCNC(=O)C1CC(=O)OCC(C)C. The molecule has 0 aliphatic carbocycles. The summed E-state index contributed by atoms with van der Waals surface area (Å²) in [5.74, 6) is -0.675. The lowest BCUT2D eigenvalue weighted by Crippen LogP contribution is -2.60. The predicted molar refractivity (Wildman–Crippen MR) is 119 cm³/mol. The molecule has 2 N–H and O–H groups in total. The highest BCUT2D eigenvalue weighted by Crippen LogP contribution is 2.23. The maximum Gasteiger partial charge on any atom is 0.308 e. The Morgan fingerprint density at radius 3 is 2.80 bits per heavy atom. The zero-order valence-corrected chi connectivity index (χ0v) is 19.6. The summed E-state index contributed by atoms with van der Waals surface area (Å²) in [5, 5.41) is 5.44. The van der Waals surface area contributed by atoms with E-state index in [1.165, 1.54) is 0 Å². The Balaban J connectivity index is 2.11. The fraction of sp³-hybridized carbons (Fsp3) is 0.500. The number of carbonyl (C=O) groups is 3. The molecule has 0 bridgehead atoms. The molecule has 1 aliphatic heterocycles. The number of carbonyl (C=O) groups excluding carboxylic acids is 3. The number of piperazine rings is 1. The van der Waals surface area contributed by atoms with E-state index in [-0.39, 0.29) is 30.0 Å². The Bertz CT molecular complexity index is 818. The first-order valence-electron chi connectivity index (χ1n) is 9.70. The van der Waals surface area contributed by atoms with Crippen molar-refractivity contribution in [3.8, 4) is 5.75 Å². The summed E-state index contributed by atoms with van der Waals surface area (Å²) in [5.41, 5.74) is 0.308. The Hall–Kier alpha value is -2.20. The molecule has 1 atom stereocenters. The Kier molecular flexibility index (Phi) is 9.04. The van der Waals surface area contributed by atoms with Gasteiger partial charge in [0.2, 0.25) is 5.91 Å². The molecule has 2 rings (SSSR count). The number of ether oxygens (including phenoxy) is 2. The molecular formula is C20H26BrN3O5S. The minimum Gasteiger partial charge on any atom is -0.493 e. The van der Waals surface area contributed by atoms with E-state index in [1.54, 1.807) is 23.1 Å². The predicted octanol–water partition coefficient (Wildman–Crippen LogP) is 2.25. The second-order valence-corrected chi connectivity index (χ2v) is 8.42. The first-order chi connectivity index (χ1) is 14.2. The van der Waals surface area contributed by atoms with E-state index >= 15 is 0 Å². The van der Waals surface area contributed by atoms with Crippen LogP contribution in [-0.4, -0.2) is 60.1 Å². The van der Waals surface area contributed by atoms with Crippen LogP contribution in [-0.2, 0) is 14.3 Å². The van der Waals surface area contributed by atoms with Crippen molar-refractivity contribution in [3.63, 3.8) is 0 Å². The molecule has 1 unspecified atom stereocenters. The third kappa shape index (κ3) is 6.66. The van der Waals surface area contributed by atoms with E-state index in [2.05, 4.69) is 26.6 Å². The van der Waals surface area contributed by atoms with E-state index < -0.39 is 17.9 Å². The highest BCUT2D eigenvalue weighted by Gasteiger charge is 2.34. The van der Waals surface area contributed by atoms with Gasteiger partial charge in [0.05, 0.1) is 25.2 Å². The van der Waals surface area contributed by atoms with Crippen LogP contribution in [0.2, 0.25) is 0 Å². The van der Waals surface area contributed by atoms with Crippen LogP contribution in [0.1, 0.15) is 37.6 Å². The largest absolute Gasteiger partial charge is 0.493 e. The van der Waals surface area contributed by atoms with Crippen LogP contribution in [0.15, 0.2) is 22.7 Å². The van der Waals surface area contributed by atoms with Gasteiger partial charge in [0.25, 0.3) is 5.91 Å². The van der Waals surface area contributed by atoms with Crippen LogP contribution < -0.4 is 15.4 Å². The number of rotatable bonds is 7. The van der Waals surface area contributed by atoms with Gasteiger partial charge in [-0.3, -0.25) is 19.7 Å². The molecule has 164 valence electrons. The van der Waals surface area contributed by atoms with Gasteiger partial charge in [-0.15, -0.1) is 0 Å². The van der Waals surface area contributed by atoms with Crippen molar-refractivity contribution in [2.45, 2.75) is 33.2 Å². The van der Waals surface area contributed by atoms with Crippen molar-refractivity contribution in [3.05, 3.63) is 28.2 Å². The van der Waals surface area contributed by atoms with E-state index in [9.17, 15) is 14.4 Å². The van der Waals surface area contributed by atoms with Gasteiger partial charge in [0, 0.05) is 17.6 Å². The quantitative estimate of drug-likeness (QED) is 0.438. The molecule has 2 amide bonds. The second-order valence-electron chi connectivity index (χ2n) is 7.11. The normalized spacial score (nSPS) is 16.1. The van der Waals surface area contributed by atoms with Gasteiger partial charge < -0.3 is 19.7 Å². The molecule has 1 fully saturated rings.